The van der Waals surface area contributed by atoms with Gasteiger partial charge >= 0.3 is 0 Å². The van der Waals surface area contributed by atoms with Crippen molar-refractivity contribution in [1.29, 1.82) is 0 Å². The predicted octanol–water partition coefficient (Wildman–Crippen LogP) is 3.30. The molecule has 5 aliphatic rings. The van der Waals surface area contributed by atoms with Gasteiger partial charge in [0, 0.05) is 94.2 Å². The van der Waals surface area contributed by atoms with Crippen LogP contribution in [0.15, 0.2) is 71.9 Å². The monoisotopic (exact) mass is 1140 g/mol. The number of hydrogen-bond acceptors (Lipinski definition) is 18. The van der Waals surface area contributed by atoms with Gasteiger partial charge in [-0.25, -0.2) is 9.97 Å². The molecular weight excluding hydrogens is 1070 g/mol. The van der Waals surface area contributed by atoms with Crippen LogP contribution >= 0.6 is 0 Å². The Morgan fingerprint density at radius 3 is 2.16 bits per heavy atom. The normalized spacial score (nSPS) is 17.5. The Kier molecular flexibility index (Phi) is 18.4. The highest BCUT2D eigenvalue weighted by molar-refractivity contribution is 6.25. The molecule has 440 valence electrons. The highest BCUT2D eigenvalue weighted by atomic mass is 16.6. The second-order valence-electron chi connectivity index (χ2n) is 21.8. The van der Waals surface area contributed by atoms with E-state index in [9.17, 15) is 38.7 Å². The number of aromatic nitrogens is 4. The zero-order chi connectivity index (χ0) is 58.2. The van der Waals surface area contributed by atoms with Crippen LogP contribution in [0.4, 0.5) is 28.7 Å². The van der Waals surface area contributed by atoms with E-state index in [0.29, 0.717) is 145 Å². The number of amides is 6. The van der Waals surface area contributed by atoms with E-state index >= 15 is 0 Å². The van der Waals surface area contributed by atoms with Crippen molar-refractivity contribution in [2.24, 2.45) is 12.5 Å². The van der Waals surface area contributed by atoms with Crippen molar-refractivity contribution >= 4 is 64.1 Å². The van der Waals surface area contributed by atoms with Crippen LogP contribution in [-0.2, 0) is 71.1 Å². The number of aliphatic hydroxyl groups excluding tert-OH is 1. The molecule has 4 aromatic heterocycles. The van der Waals surface area contributed by atoms with E-state index in [-0.39, 0.29) is 72.1 Å². The van der Waals surface area contributed by atoms with Crippen molar-refractivity contribution in [2.75, 3.05) is 126 Å². The molecule has 0 saturated carbocycles. The van der Waals surface area contributed by atoms with Gasteiger partial charge in [-0.05, 0) is 78.3 Å². The summed E-state index contributed by atoms with van der Waals surface area (Å²) in [5.74, 6) is -1.48. The van der Waals surface area contributed by atoms with Gasteiger partial charge in [-0.3, -0.25) is 48.7 Å². The first kappa shape index (κ1) is 58.3. The summed E-state index contributed by atoms with van der Waals surface area (Å²) in [5, 5.41) is 19.3. The van der Waals surface area contributed by atoms with Crippen molar-refractivity contribution in [3.8, 4) is 11.1 Å². The maximum atomic E-state index is 14.0. The fourth-order valence-corrected chi connectivity index (χ4v) is 11.4. The average molecular weight is 1140 g/mol. The number of piperazine rings is 1. The van der Waals surface area contributed by atoms with Gasteiger partial charge in [0.15, 0.2) is 0 Å². The fraction of sp³-hybridized carbons (Fsp3) is 0.475. The lowest BCUT2D eigenvalue weighted by molar-refractivity contribution is -0.136. The van der Waals surface area contributed by atoms with Crippen molar-refractivity contribution in [3.63, 3.8) is 0 Å². The maximum Gasteiger partial charge on any atom is 0.276 e. The van der Waals surface area contributed by atoms with Gasteiger partial charge in [0.2, 0.25) is 17.7 Å². The first-order chi connectivity index (χ1) is 40.2. The standard InChI is InChI=1S/C59H71N11O13/c1-59(2)33-38-32-47-57(77)69(20-19-68(47)48(38)34-59)53-43(37-71)41(11-13-61-53)39-31-45(56(76)65(3)36-39)63-49-9-7-40(35-62-49)66-15-17-67(18-16-66)51(73)12-21-79-23-25-81-27-29-83-30-28-82-26-24-80-22-14-60-44-6-4-5-42-52(44)58(78)70(55(42)75)46-8-10-50(72)64-54(46)74/h4-7,9,11,13,31-32,35-36,46,60,71H,8,10,12,14-30,33-34,37H2,1-3H3,(H,62,63)(H,64,72,74). The summed E-state index contributed by atoms with van der Waals surface area (Å²) >= 11 is 0. The number of imide groups is 2. The summed E-state index contributed by atoms with van der Waals surface area (Å²) in [7, 11) is 1.66. The molecule has 0 radical (unpaired) electrons. The second kappa shape index (κ2) is 26.1. The number of aryl methyl sites for hydroxylation is 1. The Labute approximate surface area is 480 Å². The summed E-state index contributed by atoms with van der Waals surface area (Å²) in [6.07, 6.45) is 7.34. The minimum Gasteiger partial charge on any atom is -0.392 e. The van der Waals surface area contributed by atoms with Gasteiger partial charge in [0.1, 0.15) is 29.1 Å². The molecular formula is C59H71N11O13. The molecule has 4 N–H and O–H groups in total. The number of carbonyl (C=O) groups excluding carboxylic acids is 6. The SMILES string of the molecule is Cn1cc(-c2ccnc(N3CCn4c(cc5c4CC(C)(C)C5)C3=O)c2CO)cc(Nc2ccc(N3CCN(C(=O)CCOCCOCCOCCOCCOCCNc4cccc5c4C(=O)N(C4CCC(=O)NC4=O)C5=O)CC3)cn2)c1=O. The Bertz CT molecular complexity index is 3300. The van der Waals surface area contributed by atoms with E-state index in [1.165, 1.54) is 15.8 Å². The Balaban J connectivity index is 0.566. The number of nitrogens with zero attached hydrogens (tertiary/aromatic N) is 8. The third-order valence-electron chi connectivity index (χ3n) is 15.6. The van der Waals surface area contributed by atoms with E-state index in [2.05, 4.69) is 49.2 Å². The number of rotatable bonds is 26. The maximum absolute atomic E-state index is 14.0. The van der Waals surface area contributed by atoms with E-state index in [1.807, 2.05) is 23.1 Å². The van der Waals surface area contributed by atoms with E-state index < -0.39 is 29.7 Å². The van der Waals surface area contributed by atoms with Crippen molar-refractivity contribution in [3.05, 3.63) is 111 Å². The molecule has 5 aromatic rings. The quantitative estimate of drug-likeness (QED) is 0.0457. The van der Waals surface area contributed by atoms with Crippen LogP contribution in [-0.4, -0.2) is 181 Å². The molecule has 1 atom stereocenters. The molecule has 10 rings (SSSR count). The van der Waals surface area contributed by atoms with E-state index in [4.69, 9.17) is 23.7 Å². The summed E-state index contributed by atoms with van der Waals surface area (Å²) in [6, 6.07) is 13.1. The van der Waals surface area contributed by atoms with Gasteiger partial charge < -0.3 is 58.4 Å². The number of nitrogens with one attached hydrogen (secondary N) is 3. The highest BCUT2D eigenvalue weighted by Gasteiger charge is 2.46. The molecule has 1 unspecified atom stereocenters. The third-order valence-corrected chi connectivity index (χ3v) is 15.6. The Hall–Kier alpha value is -7.87. The van der Waals surface area contributed by atoms with Crippen molar-refractivity contribution in [1.82, 2.24) is 34.2 Å². The molecule has 6 amide bonds. The lowest BCUT2D eigenvalue weighted by atomic mass is 9.90. The number of ether oxygens (including phenoxy) is 5. The minimum absolute atomic E-state index is 0.0231. The van der Waals surface area contributed by atoms with Crippen molar-refractivity contribution in [2.45, 2.75) is 65.1 Å². The molecule has 1 aliphatic carbocycles. The number of piperidine rings is 1. The molecule has 2 fully saturated rings. The number of fused-ring (bicyclic) bond motifs is 4. The van der Waals surface area contributed by atoms with Gasteiger partial charge in [-0.1, -0.05) is 19.9 Å². The van der Waals surface area contributed by atoms with Crippen LogP contribution < -0.4 is 31.3 Å². The average Bonchev–Trinajstić information content (AvgIpc) is 3.74. The largest absolute Gasteiger partial charge is 0.392 e. The first-order valence-electron chi connectivity index (χ1n) is 28.3. The van der Waals surface area contributed by atoms with Crippen LogP contribution in [0.1, 0.15) is 81.1 Å². The summed E-state index contributed by atoms with van der Waals surface area (Å²) in [4.78, 5) is 107. The minimum atomic E-state index is -1.03. The van der Waals surface area contributed by atoms with Gasteiger partial charge in [0.25, 0.3) is 23.3 Å². The third kappa shape index (κ3) is 13.2. The number of benzene rings is 1. The van der Waals surface area contributed by atoms with Gasteiger partial charge in [-0.15, -0.1) is 0 Å². The van der Waals surface area contributed by atoms with E-state index in [0.717, 1.165) is 23.4 Å². The smallest absolute Gasteiger partial charge is 0.276 e. The number of anilines is 5. The number of carbonyl (C=O) groups is 6. The zero-order valence-electron chi connectivity index (χ0n) is 47.1. The lowest BCUT2D eigenvalue weighted by Crippen LogP contribution is -2.54. The van der Waals surface area contributed by atoms with Gasteiger partial charge in [0.05, 0.1) is 102 Å². The lowest BCUT2D eigenvalue weighted by Gasteiger charge is -2.36. The van der Waals surface area contributed by atoms with Crippen LogP contribution in [0.2, 0.25) is 0 Å². The van der Waals surface area contributed by atoms with Gasteiger partial charge in [-0.2, -0.15) is 0 Å². The van der Waals surface area contributed by atoms with Crippen LogP contribution in [0.25, 0.3) is 11.1 Å². The summed E-state index contributed by atoms with van der Waals surface area (Å²) < 4.78 is 31.7. The topological polar surface area (TPSA) is 271 Å². The van der Waals surface area contributed by atoms with Crippen molar-refractivity contribution < 1.29 is 57.6 Å². The molecule has 24 heteroatoms. The zero-order valence-corrected chi connectivity index (χ0v) is 47.1. The molecule has 24 nitrogen and oxygen atoms in total. The predicted molar refractivity (Wildman–Crippen MR) is 305 cm³/mol. The molecule has 2 saturated heterocycles. The molecule has 4 aliphatic heterocycles. The molecule has 83 heavy (non-hydrogen) atoms. The molecule has 0 spiro atoms. The van der Waals surface area contributed by atoms with Crippen LogP contribution in [0.3, 0.4) is 0 Å². The van der Waals surface area contributed by atoms with E-state index in [1.54, 1.807) is 60.9 Å². The summed E-state index contributed by atoms with van der Waals surface area (Å²) in [6.45, 7) is 11.4. The molecule has 1 aromatic carbocycles. The summed E-state index contributed by atoms with van der Waals surface area (Å²) in [5.41, 5.74) is 6.84. The molecule has 0 bridgehead atoms. The first-order valence-corrected chi connectivity index (χ1v) is 28.3. The van der Waals surface area contributed by atoms with Crippen LogP contribution in [0, 0.1) is 5.41 Å². The Morgan fingerprint density at radius 1 is 0.759 bits per heavy atom. The highest BCUT2D eigenvalue weighted by Crippen LogP contribution is 2.40. The number of hydrogen-bond donors (Lipinski definition) is 4. The molecule has 8 heterocycles. The second-order valence-corrected chi connectivity index (χ2v) is 21.8. The fourth-order valence-electron chi connectivity index (χ4n) is 11.4. The van der Waals surface area contributed by atoms with Crippen LogP contribution in [0.5, 0.6) is 0 Å². The number of pyridine rings is 3. The Morgan fingerprint density at radius 2 is 1.47 bits per heavy atom. The number of aliphatic hydroxyl groups is 1.